The van der Waals surface area contributed by atoms with Crippen molar-refractivity contribution < 1.29 is 0 Å². The number of rotatable bonds is 6. The van der Waals surface area contributed by atoms with Gasteiger partial charge >= 0.3 is 0 Å². The van der Waals surface area contributed by atoms with Crippen molar-refractivity contribution in [2.75, 3.05) is 0 Å². The topological polar surface area (TPSA) is 0 Å². The minimum Gasteiger partial charge on any atom is -0.103 e. The monoisotopic (exact) mass is 236 g/mol. The maximum atomic E-state index is 3.13. The van der Waals surface area contributed by atoms with Crippen LogP contribution in [0.3, 0.4) is 0 Å². The lowest BCUT2D eigenvalue weighted by Crippen LogP contribution is -1.79. The van der Waals surface area contributed by atoms with Crippen molar-refractivity contribution in [3.05, 3.63) is 44.2 Å². The minimum absolute atomic E-state index is 1.13. The molecule has 2 heteroatoms. The van der Waals surface area contributed by atoms with Gasteiger partial charge in [0, 0.05) is 10.3 Å². The molecule has 0 aromatic rings. The van der Waals surface area contributed by atoms with Crippen LogP contribution in [0.15, 0.2) is 44.2 Å². The van der Waals surface area contributed by atoms with Gasteiger partial charge in [0.25, 0.3) is 0 Å². The second-order valence-corrected chi connectivity index (χ2v) is 5.12. The van der Waals surface area contributed by atoms with Crippen molar-refractivity contribution in [3.63, 3.8) is 0 Å². The van der Waals surface area contributed by atoms with E-state index >= 15 is 0 Å². The van der Waals surface area contributed by atoms with Crippen LogP contribution in [0.25, 0.3) is 0 Å². The molecule has 0 aromatic carbocycles. The Balaban J connectivity index is 2.23. The zero-order chi connectivity index (χ0) is 10.9. The van der Waals surface area contributed by atoms with E-state index in [1.807, 2.05) is 17.2 Å². The Hall–Kier alpha value is -0.520. The first-order valence-corrected chi connectivity index (χ1v) is 6.91. The molecule has 0 atom stereocenters. The van der Waals surface area contributed by atoms with E-state index in [0.29, 0.717) is 0 Å². The Labute approximate surface area is 101 Å². The molecule has 0 aromatic heterocycles. The fraction of sp³-hybridized carbons (Fsp3) is 0.385. The summed E-state index contributed by atoms with van der Waals surface area (Å²) in [4.78, 5) is 2.77. The maximum absolute atomic E-state index is 3.13. The van der Waals surface area contributed by atoms with Crippen LogP contribution in [-0.4, -0.2) is 0 Å². The molecule has 15 heavy (non-hydrogen) atoms. The average Bonchev–Trinajstić information content (AvgIpc) is 2.76. The highest BCUT2D eigenvalue weighted by Crippen LogP contribution is 2.28. The normalized spacial score (nSPS) is 15.3. The highest BCUT2D eigenvalue weighted by Gasteiger charge is 2.00. The smallest absolute Gasteiger partial charge is 0.0400 e. The van der Waals surface area contributed by atoms with E-state index in [2.05, 4.69) is 42.9 Å². The van der Waals surface area contributed by atoms with Gasteiger partial charge in [0.05, 0.1) is 0 Å². The maximum Gasteiger partial charge on any atom is 0.0400 e. The quantitative estimate of drug-likeness (QED) is 0.579. The summed E-state index contributed by atoms with van der Waals surface area (Å²) < 4.78 is 0. The van der Waals surface area contributed by atoms with Crippen molar-refractivity contribution in [1.82, 2.24) is 0 Å². The Morgan fingerprint density at radius 2 is 2.40 bits per heavy atom. The molecule has 1 aliphatic heterocycles. The highest BCUT2D eigenvalue weighted by atomic mass is 32.2. The first kappa shape index (κ1) is 12.5. The largest absolute Gasteiger partial charge is 0.103 e. The zero-order valence-electron chi connectivity index (χ0n) is 9.25. The van der Waals surface area contributed by atoms with E-state index in [-0.39, 0.29) is 0 Å². The molecular formula is C13H16S2. The molecule has 0 nitrogen and oxygen atoms in total. The summed E-state index contributed by atoms with van der Waals surface area (Å²) in [5, 5.41) is 4.11. The van der Waals surface area contributed by atoms with Gasteiger partial charge in [-0.3, -0.25) is 0 Å². The molecule has 0 N–H and O–H groups in total. The molecule has 0 spiro atoms. The molecule has 0 saturated carbocycles. The molecule has 0 amide bonds. The van der Waals surface area contributed by atoms with Gasteiger partial charge in [-0.05, 0) is 43.4 Å². The molecule has 1 rings (SSSR count). The van der Waals surface area contributed by atoms with Gasteiger partial charge in [-0.1, -0.05) is 35.4 Å². The number of hydrogen-bond donors (Lipinski definition) is 0. The second kappa shape index (κ2) is 7.73. The summed E-state index contributed by atoms with van der Waals surface area (Å²) in [5.41, 5.74) is 6.10. The summed E-state index contributed by atoms with van der Waals surface area (Å²) in [7, 11) is 0. The lowest BCUT2D eigenvalue weighted by atomic mass is 10.2. The Kier molecular flexibility index (Phi) is 6.47. The molecule has 80 valence electrons. The van der Waals surface area contributed by atoms with Crippen molar-refractivity contribution in [1.29, 1.82) is 0 Å². The van der Waals surface area contributed by atoms with Crippen LogP contribution in [0.2, 0.25) is 0 Å². The lowest BCUT2D eigenvalue weighted by Gasteiger charge is -2.03. The highest BCUT2D eigenvalue weighted by molar-refractivity contribution is 8.06. The molecule has 0 saturated heterocycles. The fourth-order valence-corrected chi connectivity index (χ4v) is 2.56. The van der Waals surface area contributed by atoms with Gasteiger partial charge in [-0.25, -0.2) is 0 Å². The molecule has 1 heterocycles. The van der Waals surface area contributed by atoms with Crippen LogP contribution in [0.1, 0.15) is 33.1 Å². The third-order valence-electron chi connectivity index (χ3n) is 1.98. The first-order chi connectivity index (χ1) is 7.36. The molecule has 0 aliphatic carbocycles. The third-order valence-corrected chi connectivity index (χ3v) is 3.95. The van der Waals surface area contributed by atoms with Crippen LogP contribution in [-0.2, 0) is 0 Å². The van der Waals surface area contributed by atoms with Crippen LogP contribution < -0.4 is 0 Å². The molecule has 1 aliphatic rings. The van der Waals surface area contributed by atoms with Gasteiger partial charge in [0.2, 0.25) is 0 Å². The molecular weight excluding hydrogens is 220 g/mol. The molecule has 0 bridgehead atoms. The van der Waals surface area contributed by atoms with E-state index in [9.17, 15) is 0 Å². The summed E-state index contributed by atoms with van der Waals surface area (Å²) in [6.07, 6.45) is 7.78. The predicted molar refractivity (Wildman–Crippen MR) is 72.7 cm³/mol. The van der Waals surface area contributed by atoms with Gasteiger partial charge in [-0.2, -0.15) is 0 Å². The van der Waals surface area contributed by atoms with E-state index in [4.69, 9.17) is 0 Å². The molecule has 0 unspecified atom stereocenters. The lowest BCUT2D eigenvalue weighted by molar-refractivity contribution is 0.854. The van der Waals surface area contributed by atoms with Crippen molar-refractivity contribution in [2.24, 2.45) is 0 Å². The Morgan fingerprint density at radius 3 is 3.00 bits per heavy atom. The summed E-state index contributed by atoms with van der Waals surface area (Å²) in [6, 6.07) is 0. The van der Waals surface area contributed by atoms with Crippen LogP contribution in [0, 0.1) is 0 Å². The SMILES string of the molecule is C/C=C\S/C(=C\C)CCCC1=C=C=CS1. The Bertz CT molecular complexity index is 349. The van der Waals surface area contributed by atoms with Gasteiger partial charge < -0.3 is 0 Å². The van der Waals surface area contributed by atoms with Crippen molar-refractivity contribution in [2.45, 2.75) is 33.1 Å². The predicted octanol–water partition coefficient (Wildman–Crippen LogP) is 5.23. The standard InChI is InChI=1S/C13H16S2/c1-3-10-14-12(4-2)7-5-8-13-9-6-11-15-13/h3-4,10-11H,5,7-8H2,1-2H3/b10-3-,12-4-. The van der Waals surface area contributed by atoms with Crippen molar-refractivity contribution >= 4 is 23.5 Å². The second-order valence-electron chi connectivity index (χ2n) is 3.12. The number of thioether (sulfide) groups is 2. The fourth-order valence-electron chi connectivity index (χ4n) is 1.21. The summed E-state index contributed by atoms with van der Waals surface area (Å²) >= 11 is 3.57. The summed E-state index contributed by atoms with van der Waals surface area (Å²) in [6.45, 7) is 4.16. The van der Waals surface area contributed by atoms with Crippen molar-refractivity contribution in [3.8, 4) is 0 Å². The molecule has 0 fully saturated rings. The van der Waals surface area contributed by atoms with Crippen LogP contribution >= 0.6 is 23.5 Å². The van der Waals surface area contributed by atoms with Crippen LogP contribution in [0.5, 0.6) is 0 Å². The van der Waals surface area contributed by atoms with Gasteiger partial charge in [0.1, 0.15) is 0 Å². The number of hydrogen-bond acceptors (Lipinski definition) is 2. The minimum atomic E-state index is 1.13. The zero-order valence-corrected chi connectivity index (χ0v) is 10.9. The third kappa shape index (κ3) is 5.20. The van der Waals surface area contributed by atoms with E-state index < -0.39 is 0 Å². The first-order valence-electron chi connectivity index (χ1n) is 5.15. The van der Waals surface area contributed by atoms with Gasteiger partial charge in [-0.15, -0.1) is 11.8 Å². The van der Waals surface area contributed by atoms with Crippen LogP contribution in [0.4, 0.5) is 0 Å². The molecule has 0 radical (unpaired) electrons. The van der Waals surface area contributed by atoms with E-state index in [1.54, 1.807) is 11.8 Å². The van der Waals surface area contributed by atoms with Gasteiger partial charge in [0.15, 0.2) is 0 Å². The van der Waals surface area contributed by atoms with E-state index in [0.717, 1.165) is 12.8 Å². The average molecular weight is 236 g/mol. The number of allylic oxidation sites excluding steroid dienone is 4. The Morgan fingerprint density at radius 1 is 1.53 bits per heavy atom. The van der Waals surface area contributed by atoms with E-state index in [1.165, 1.54) is 16.2 Å². The summed E-state index contributed by atoms with van der Waals surface area (Å²) in [5.74, 6) is 0.